The van der Waals surface area contributed by atoms with Crippen molar-refractivity contribution < 1.29 is 22.4 Å². The lowest BCUT2D eigenvalue weighted by molar-refractivity contribution is -0.137. The molecule has 0 N–H and O–H groups in total. The summed E-state index contributed by atoms with van der Waals surface area (Å²) >= 11 is 0. The summed E-state index contributed by atoms with van der Waals surface area (Å²) in [6.45, 7) is 1.87. The summed E-state index contributed by atoms with van der Waals surface area (Å²) in [5, 5.41) is 3.99. The van der Waals surface area contributed by atoms with Gasteiger partial charge in [0, 0.05) is 17.8 Å². The van der Waals surface area contributed by atoms with Crippen LogP contribution in [-0.4, -0.2) is 10.7 Å². The minimum atomic E-state index is -4.46. The average Bonchev–Trinajstić information content (AvgIpc) is 2.69. The molecular formula is C21H16F4N2O. The minimum Gasteiger partial charge on any atom is -0.336 e. The molecule has 1 aromatic heterocycles. The number of benzene rings is 2. The van der Waals surface area contributed by atoms with Crippen LogP contribution in [0.15, 0.2) is 72.0 Å². The van der Waals surface area contributed by atoms with Gasteiger partial charge in [0.1, 0.15) is 5.82 Å². The molecule has 0 amide bonds. The van der Waals surface area contributed by atoms with Crippen LogP contribution in [0, 0.1) is 5.82 Å². The molecule has 7 heteroatoms. The summed E-state index contributed by atoms with van der Waals surface area (Å²) in [6, 6.07) is 15.6. The van der Waals surface area contributed by atoms with Crippen LogP contribution < -0.4 is 4.84 Å². The number of halogens is 4. The highest BCUT2D eigenvalue weighted by Gasteiger charge is 2.30. The second-order valence-corrected chi connectivity index (χ2v) is 5.92. The van der Waals surface area contributed by atoms with Gasteiger partial charge in [-0.2, -0.15) is 13.2 Å². The van der Waals surface area contributed by atoms with Crippen LogP contribution in [0.25, 0.3) is 11.1 Å². The van der Waals surface area contributed by atoms with E-state index in [4.69, 9.17) is 4.84 Å². The summed E-state index contributed by atoms with van der Waals surface area (Å²) in [5.41, 5.74) is 1.71. The zero-order valence-electron chi connectivity index (χ0n) is 14.9. The third-order valence-electron chi connectivity index (χ3n) is 4.05. The zero-order chi connectivity index (χ0) is 20.1. The van der Waals surface area contributed by atoms with Crippen LogP contribution >= 0.6 is 0 Å². The summed E-state index contributed by atoms with van der Waals surface area (Å²) in [7, 11) is 0. The van der Waals surface area contributed by atoms with Crippen molar-refractivity contribution in [3.05, 3.63) is 83.8 Å². The summed E-state index contributed by atoms with van der Waals surface area (Å²) in [4.78, 5) is 8.78. The number of nitrogens with zero attached hydrogens (tertiary/aromatic N) is 2. The van der Waals surface area contributed by atoms with E-state index in [0.29, 0.717) is 23.9 Å². The highest BCUT2D eigenvalue weighted by Crippen LogP contribution is 2.29. The van der Waals surface area contributed by atoms with Gasteiger partial charge in [0.25, 0.3) is 0 Å². The molecule has 0 aliphatic rings. The summed E-state index contributed by atoms with van der Waals surface area (Å²) < 4.78 is 51.6. The molecule has 0 aliphatic carbocycles. The molecule has 144 valence electrons. The number of aromatic nitrogens is 1. The van der Waals surface area contributed by atoms with Crippen molar-refractivity contribution >= 4 is 5.71 Å². The predicted octanol–water partition coefficient (Wildman–Crippen LogP) is 6.10. The Bertz CT molecular complexity index is 965. The number of oxime groups is 1. The van der Waals surface area contributed by atoms with Crippen molar-refractivity contribution in [2.24, 2.45) is 5.16 Å². The van der Waals surface area contributed by atoms with Gasteiger partial charge in [-0.3, -0.25) is 0 Å². The minimum absolute atomic E-state index is 0.0399. The lowest BCUT2D eigenvalue weighted by Gasteiger charge is -2.08. The van der Waals surface area contributed by atoms with E-state index in [0.717, 1.165) is 23.3 Å². The maximum absolute atomic E-state index is 13.9. The van der Waals surface area contributed by atoms with Crippen molar-refractivity contribution in [2.75, 3.05) is 0 Å². The normalized spacial score (nSPS) is 12.1. The Hall–Kier alpha value is -3.22. The standard InChI is InChI=1S/C21H16F4N2O/c1-2-19(27-28-20-12-11-16(13-26-20)21(23,24)25)15-9-7-14(8-10-15)17-5-3-4-6-18(17)22/h3-13H,2H2,1H3. The molecule has 0 aliphatic heterocycles. The quantitative estimate of drug-likeness (QED) is 0.301. The number of pyridine rings is 1. The van der Waals surface area contributed by atoms with Gasteiger partial charge in [0.15, 0.2) is 0 Å². The predicted molar refractivity (Wildman–Crippen MR) is 98.5 cm³/mol. The number of hydrogen-bond donors (Lipinski definition) is 0. The maximum Gasteiger partial charge on any atom is 0.417 e. The fourth-order valence-electron chi connectivity index (χ4n) is 2.56. The number of alkyl halides is 3. The van der Waals surface area contributed by atoms with E-state index in [2.05, 4.69) is 10.1 Å². The van der Waals surface area contributed by atoms with E-state index in [-0.39, 0.29) is 11.7 Å². The van der Waals surface area contributed by atoms with Gasteiger partial charge in [-0.25, -0.2) is 9.37 Å². The van der Waals surface area contributed by atoms with Gasteiger partial charge in [-0.1, -0.05) is 54.5 Å². The molecule has 28 heavy (non-hydrogen) atoms. The molecule has 1 heterocycles. The largest absolute Gasteiger partial charge is 0.417 e. The van der Waals surface area contributed by atoms with E-state index in [1.165, 1.54) is 6.07 Å². The van der Waals surface area contributed by atoms with Crippen LogP contribution in [0.5, 0.6) is 5.88 Å². The first-order valence-electron chi connectivity index (χ1n) is 8.51. The Morgan fingerprint density at radius 3 is 2.29 bits per heavy atom. The molecular weight excluding hydrogens is 372 g/mol. The monoisotopic (exact) mass is 388 g/mol. The molecule has 0 bridgehead atoms. The van der Waals surface area contributed by atoms with Gasteiger partial charge in [0.2, 0.25) is 5.88 Å². The average molecular weight is 388 g/mol. The molecule has 3 rings (SSSR count). The first-order valence-corrected chi connectivity index (χ1v) is 8.51. The van der Waals surface area contributed by atoms with Gasteiger partial charge in [0.05, 0.1) is 11.3 Å². The zero-order valence-corrected chi connectivity index (χ0v) is 14.9. The van der Waals surface area contributed by atoms with E-state index in [1.54, 1.807) is 42.5 Å². The molecule has 0 saturated carbocycles. The van der Waals surface area contributed by atoms with Gasteiger partial charge in [-0.15, -0.1) is 0 Å². The second-order valence-electron chi connectivity index (χ2n) is 5.92. The molecule has 0 fully saturated rings. The van der Waals surface area contributed by atoms with Crippen LogP contribution in [-0.2, 0) is 6.18 Å². The number of rotatable bonds is 5. The molecule has 0 atom stereocenters. The van der Waals surface area contributed by atoms with E-state index in [1.807, 2.05) is 6.92 Å². The lowest BCUT2D eigenvalue weighted by atomic mass is 10.0. The highest BCUT2D eigenvalue weighted by atomic mass is 19.4. The third-order valence-corrected chi connectivity index (χ3v) is 4.05. The van der Waals surface area contributed by atoms with Crippen molar-refractivity contribution in [3.8, 4) is 17.0 Å². The highest BCUT2D eigenvalue weighted by molar-refractivity contribution is 6.00. The van der Waals surface area contributed by atoms with Crippen molar-refractivity contribution in [3.63, 3.8) is 0 Å². The molecule has 0 saturated heterocycles. The van der Waals surface area contributed by atoms with Crippen LogP contribution in [0.3, 0.4) is 0 Å². The van der Waals surface area contributed by atoms with E-state index < -0.39 is 11.7 Å². The first-order chi connectivity index (χ1) is 13.4. The Morgan fingerprint density at radius 2 is 1.71 bits per heavy atom. The fraction of sp³-hybridized carbons (Fsp3) is 0.143. The molecule has 0 radical (unpaired) electrons. The maximum atomic E-state index is 13.9. The lowest BCUT2D eigenvalue weighted by Crippen LogP contribution is -2.06. The van der Waals surface area contributed by atoms with Crippen molar-refractivity contribution in [2.45, 2.75) is 19.5 Å². The smallest absolute Gasteiger partial charge is 0.336 e. The van der Waals surface area contributed by atoms with Gasteiger partial charge < -0.3 is 4.84 Å². The topological polar surface area (TPSA) is 34.5 Å². The van der Waals surface area contributed by atoms with Crippen LogP contribution in [0.4, 0.5) is 17.6 Å². The Kier molecular flexibility index (Phi) is 5.73. The first kappa shape index (κ1) is 19.5. The SMILES string of the molecule is CCC(=NOc1ccc(C(F)(F)F)cn1)c1ccc(-c2ccccc2F)cc1. The summed E-state index contributed by atoms with van der Waals surface area (Å²) in [6.07, 6.45) is -3.23. The molecule has 0 unspecified atom stereocenters. The summed E-state index contributed by atoms with van der Waals surface area (Å²) in [5.74, 6) is -0.349. The van der Waals surface area contributed by atoms with Crippen molar-refractivity contribution in [1.29, 1.82) is 0 Å². The Labute approximate surface area is 159 Å². The van der Waals surface area contributed by atoms with Crippen LogP contribution in [0.2, 0.25) is 0 Å². The molecule has 3 nitrogen and oxygen atoms in total. The fourth-order valence-corrected chi connectivity index (χ4v) is 2.56. The van der Waals surface area contributed by atoms with Gasteiger partial charge >= 0.3 is 6.18 Å². The second kappa shape index (κ2) is 8.21. The van der Waals surface area contributed by atoms with Gasteiger partial charge in [-0.05, 0) is 29.7 Å². The van der Waals surface area contributed by atoms with Crippen LogP contribution in [0.1, 0.15) is 24.5 Å². The third kappa shape index (κ3) is 4.54. The number of hydrogen-bond acceptors (Lipinski definition) is 3. The molecule has 0 spiro atoms. The molecule has 3 aromatic rings. The Balaban J connectivity index is 1.77. The van der Waals surface area contributed by atoms with Crippen molar-refractivity contribution in [1.82, 2.24) is 4.98 Å². The van der Waals surface area contributed by atoms with E-state index in [9.17, 15) is 17.6 Å². The van der Waals surface area contributed by atoms with E-state index >= 15 is 0 Å². The Morgan fingerprint density at radius 1 is 1.00 bits per heavy atom. The molecule has 2 aromatic carbocycles.